The van der Waals surface area contributed by atoms with Gasteiger partial charge >= 0.3 is 6.09 Å². The van der Waals surface area contributed by atoms with Gasteiger partial charge in [-0.3, -0.25) is 9.59 Å². The van der Waals surface area contributed by atoms with Crippen LogP contribution in [-0.2, 0) is 0 Å². The number of hydrogen-bond donors (Lipinski definition) is 3. The molecule has 0 spiro atoms. The van der Waals surface area contributed by atoms with Gasteiger partial charge in [0.15, 0.2) is 0 Å². The van der Waals surface area contributed by atoms with Crippen LogP contribution in [0.4, 0.5) is 14.9 Å². The highest BCUT2D eigenvalue weighted by molar-refractivity contribution is 6.06. The molecule has 1 fully saturated rings. The van der Waals surface area contributed by atoms with Gasteiger partial charge in [0.2, 0.25) is 5.91 Å². The van der Waals surface area contributed by atoms with Crippen molar-refractivity contribution in [3.8, 4) is 0 Å². The second-order valence-electron chi connectivity index (χ2n) is 6.82. The van der Waals surface area contributed by atoms with Crippen molar-refractivity contribution in [1.82, 2.24) is 4.90 Å². The zero-order valence-electron chi connectivity index (χ0n) is 15.5. The number of carbonyl (C=O) groups excluding carboxylic acids is 2. The largest absolute Gasteiger partial charge is 0.465 e. The molecule has 1 aliphatic heterocycles. The van der Waals surface area contributed by atoms with Crippen LogP contribution in [-0.4, -0.2) is 34.5 Å². The lowest BCUT2D eigenvalue weighted by atomic mass is 9.94. The Bertz CT molecular complexity index is 965. The van der Waals surface area contributed by atoms with Gasteiger partial charge in [0.25, 0.3) is 5.91 Å². The number of hydrazine groups is 1. The molecular formula is C20H21FN4O4. The third kappa shape index (κ3) is 4.19. The number of carbonyl (C=O) groups is 3. The summed E-state index contributed by atoms with van der Waals surface area (Å²) in [5.41, 5.74) is 5.79. The third-order valence-corrected chi connectivity index (χ3v) is 4.98. The number of piperidine rings is 1. The maximum Gasteiger partial charge on any atom is 0.407 e. The molecule has 5 N–H and O–H groups in total. The molecule has 1 atom stereocenters. The van der Waals surface area contributed by atoms with Crippen molar-refractivity contribution >= 4 is 23.6 Å². The van der Waals surface area contributed by atoms with Gasteiger partial charge in [0, 0.05) is 12.1 Å². The van der Waals surface area contributed by atoms with E-state index >= 15 is 0 Å². The van der Waals surface area contributed by atoms with E-state index in [1.807, 2.05) is 0 Å². The van der Waals surface area contributed by atoms with E-state index in [9.17, 15) is 23.9 Å². The van der Waals surface area contributed by atoms with E-state index in [0.717, 1.165) is 17.9 Å². The maximum absolute atomic E-state index is 14.7. The van der Waals surface area contributed by atoms with Gasteiger partial charge in [0.05, 0.1) is 17.3 Å². The predicted molar refractivity (Wildman–Crippen MR) is 104 cm³/mol. The number of rotatable bonds is 4. The van der Waals surface area contributed by atoms with E-state index in [1.54, 1.807) is 0 Å². The molecule has 1 aliphatic rings. The molecule has 3 amide bonds. The van der Waals surface area contributed by atoms with Gasteiger partial charge in [-0.25, -0.2) is 20.0 Å². The molecule has 29 heavy (non-hydrogen) atoms. The summed E-state index contributed by atoms with van der Waals surface area (Å²) in [6, 6.07) is 9.34. The van der Waals surface area contributed by atoms with Crippen LogP contribution in [0.1, 0.15) is 51.6 Å². The van der Waals surface area contributed by atoms with E-state index in [2.05, 4.69) is 0 Å². The summed E-state index contributed by atoms with van der Waals surface area (Å²) < 4.78 is 14.7. The SMILES string of the molecule is NC(=O)c1cccc(N(N)C(=O)c2ccc(C3CCCCN3C(=O)O)cc2F)c1. The third-order valence-electron chi connectivity index (χ3n) is 4.98. The lowest BCUT2D eigenvalue weighted by molar-refractivity contribution is 0.0976. The Morgan fingerprint density at radius 1 is 1.14 bits per heavy atom. The number of benzene rings is 2. The fourth-order valence-corrected chi connectivity index (χ4v) is 3.48. The predicted octanol–water partition coefficient (Wildman–Crippen LogP) is 2.65. The fourth-order valence-electron chi connectivity index (χ4n) is 3.48. The van der Waals surface area contributed by atoms with Crippen LogP contribution in [0.3, 0.4) is 0 Å². The average Bonchev–Trinajstić information content (AvgIpc) is 2.72. The van der Waals surface area contributed by atoms with Gasteiger partial charge in [0.1, 0.15) is 5.82 Å². The highest BCUT2D eigenvalue weighted by Crippen LogP contribution is 2.32. The molecule has 2 aromatic carbocycles. The Kier molecular flexibility index (Phi) is 5.79. The Balaban J connectivity index is 1.86. The van der Waals surface area contributed by atoms with Gasteiger partial charge < -0.3 is 15.7 Å². The summed E-state index contributed by atoms with van der Waals surface area (Å²) in [7, 11) is 0. The molecular weight excluding hydrogens is 379 g/mol. The van der Waals surface area contributed by atoms with E-state index in [0.29, 0.717) is 18.5 Å². The number of anilines is 1. The summed E-state index contributed by atoms with van der Waals surface area (Å²) in [4.78, 5) is 36.7. The van der Waals surface area contributed by atoms with Crippen molar-refractivity contribution in [3.63, 3.8) is 0 Å². The first-order valence-electron chi connectivity index (χ1n) is 9.07. The topological polar surface area (TPSA) is 130 Å². The molecule has 0 bridgehead atoms. The van der Waals surface area contributed by atoms with Crippen LogP contribution >= 0.6 is 0 Å². The Labute approximate surface area is 166 Å². The van der Waals surface area contributed by atoms with Crippen LogP contribution in [0.2, 0.25) is 0 Å². The fraction of sp³-hybridized carbons (Fsp3) is 0.250. The number of halogens is 1. The van der Waals surface area contributed by atoms with E-state index < -0.39 is 29.8 Å². The highest BCUT2D eigenvalue weighted by Gasteiger charge is 2.29. The first kappa shape index (κ1) is 20.3. The Hall–Kier alpha value is -3.46. The van der Waals surface area contributed by atoms with E-state index in [-0.39, 0.29) is 16.8 Å². The lowest BCUT2D eigenvalue weighted by Crippen LogP contribution is -2.39. The van der Waals surface area contributed by atoms with Gasteiger partial charge in [-0.1, -0.05) is 12.1 Å². The molecule has 152 valence electrons. The molecule has 0 aliphatic carbocycles. The van der Waals surface area contributed by atoms with E-state index in [4.69, 9.17) is 11.6 Å². The molecule has 9 heteroatoms. The number of hydrogen-bond acceptors (Lipinski definition) is 4. The zero-order chi connectivity index (χ0) is 21.1. The van der Waals surface area contributed by atoms with Crippen molar-refractivity contribution in [2.75, 3.05) is 11.6 Å². The summed E-state index contributed by atoms with van der Waals surface area (Å²) in [5.74, 6) is 3.54. The first-order chi connectivity index (χ1) is 13.8. The summed E-state index contributed by atoms with van der Waals surface area (Å²) >= 11 is 0. The van der Waals surface area contributed by atoms with E-state index in [1.165, 1.54) is 47.4 Å². The second kappa shape index (κ2) is 8.27. The summed E-state index contributed by atoms with van der Waals surface area (Å²) in [6.45, 7) is 0.384. The molecule has 2 aromatic rings. The number of nitrogens with two attached hydrogens (primary N) is 2. The average molecular weight is 400 g/mol. The lowest BCUT2D eigenvalue weighted by Gasteiger charge is -2.34. The molecule has 1 saturated heterocycles. The summed E-state index contributed by atoms with van der Waals surface area (Å²) in [6.07, 6.45) is 1.12. The molecule has 3 rings (SSSR count). The minimum atomic E-state index is -1.06. The zero-order valence-corrected chi connectivity index (χ0v) is 15.5. The molecule has 0 saturated carbocycles. The van der Waals surface area contributed by atoms with Crippen molar-refractivity contribution in [2.45, 2.75) is 25.3 Å². The van der Waals surface area contributed by atoms with Crippen LogP contribution in [0, 0.1) is 5.82 Å². The van der Waals surface area contributed by atoms with Gasteiger partial charge in [-0.2, -0.15) is 0 Å². The molecule has 1 heterocycles. The number of carboxylic acid groups (broad SMARTS) is 1. The van der Waals surface area contributed by atoms with Crippen LogP contribution in [0.25, 0.3) is 0 Å². The monoisotopic (exact) mass is 400 g/mol. The van der Waals surface area contributed by atoms with Gasteiger partial charge in [-0.15, -0.1) is 0 Å². The highest BCUT2D eigenvalue weighted by atomic mass is 19.1. The van der Waals surface area contributed by atoms with Crippen LogP contribution < -0.4 is 16.6 Å². The number of nitrogens with zero attached hydrogens (tertiary/aromatic N) is 2. The molecule has 8 nitrogen and oxygen atoms in total. The Morgan fingerprint density at radius 2 is 1.90 bits per heavy atom. The van der Waals surface area contributed by atoms with Crippen LogP contribution in [0.5, 0.6) is 0 Å². The number of amides is 3. The van der Waals surface area contributed by atoms with Crippen LogP contribution in [0.15, 0.2) is 42.5 Å². The normalized spacial score (nSPS) is 16.3. The minimum Gasteiger partial charge on any atom is -0.465 e. The standard InChI is InChI=1S/C20H21FN4O4/c21-16-11-12(17-6-1-2-9-24(17)20(28)29)7-8-15(16)19(27)25(23)14-5-3-4-13(10-14)18(22)26/h3-5,7-8,10-11,17H,1-2,6,9,23H2,(H2,22,26)(H,28,29). The Morgan fingerprint density at radius 3 is 2.55 bits per heavy atom. The molecule has 1 unspecified atom stereocenters. The number of primary amides is 1. The molecule has 0 aromatic heterocycles. The number of likely N-dealkylation sites (tertiary alicyclic amines) is 1. The van der Waals surface area contributed by atoms with Crippen molar-refractivity contribution < 1.29 is 23.9 Å². The summed E-state index contributed by atoms with van der Waals surface area (Å²) in [5, 5.41) is 10.1. The minimum absolute atomic E-state index is 0.160. The first-order valence-corrected chi connectivity index (χ1v) is 9.07. The second-order valence-corrected chi connectivity index (χ2v) is 6.82. The van der Waals surface area contributed by atoms with Crippen molar-refractivity contribution in [1.29, 1.82) is 0 Å². The smallest absolute Gasteiger partial charge is 0.407 e. The quantitative estimate of drug-likeness (QED) is 0.413. The molecule has 0 radical (unpaired) electrons. The van der Waals surface area contributed by atoms with Gasteiger partial charge in [-0.05, 0) is 55.2 Å². The van der Waals surface area contributed by atoms with Crippen molar-refractivity contribution in [3.05, 3.63) is 65.0 Å². The van der Waals surface area contributed by atoms with Crippen molar-refractivity contribution in [2.24, 2.45) is 11.6 Å². The maximum atomic E-state index is 14.7.